The summed E-state index contributed by atoms with van der Waals surface area (Å²) in [7, 11) is 0. The Labute approximate surface area is 88.2 Å². The zero-order valence-corrected chi connectivity index (χ0v) is 7.87. The zero-order chi connectivity index (χ0) is 11.8. The molecule has 0 aliphatic carbocycles. The van der Waals surface area contributed by atoms with Gasteiger partial charge < -0.3 is 4.57 Å². The average molecular weight is 230 g/mol. The van der Waals surface area contributed by atoms with Crippen molar-refractivity contribution in [2.24, 2.45) is 0 Å². The van der Waals surface area contributed by atoms with Crippen LogP contribution in [-0.2, 0) is 6.18 Å². The van der Waals surface area contributed by atoms with Gasteiger partial charge in [-0.05, 0) is 18.2 Å². The van der Waals surface area contributed by atoms with E-state index in [4.69, 9.17) is 0 Å². The van der Waals surface area contributed by atoms with E-state index >= 15 is 0 Å². The molecule has 0 N–H and O–H groups in total. The van der Waals surface area contributed by atoms with Crippen LogP contribution in [0.1, 0.15) is 5.56 Å². The lowest BCUT2D eigenvalue weighted by Crippen LogP contribution is -2.10. The van der Waals surface area contributed by atoms with Gasteiger partial charge in [0, 0.05) is 12.4 Å². The number of rotatable bonds is 1. The van der Waals surface area contributed by atoms with Gasteiger partial charge in [0.05, 0.1) is 17.6 Å². The van der Waals surface area contributed by atoms with E-state index in [-0.39, 0.29) is 5.69 Å². The molecule has 0 aliphatic rings. The fourth-order valence-corrected chi connectivity index (χ4v) is 1.36. The van der Waals surface area contributed by atoms with E-state index in [0.29, 0.717) is 6.07 Å². The Bertz CT molecular complexity index is 488. The molecule has 0 amide bonds. The molecule has 2 nitrogen and oxygen atoms in total. The molecule has 0 unspecified atom stereocenters. The summed E-state index contributed by atoms with van der Waals surface area (Å²) in [5.41, 5.74) is -1.17. The molecule has 1 aromatic heterocycles. The molecule has 1 aromatic carbocycles. The standard InChI is InChI=1S/C10H6F4N2/c11-7-1-2-9(16-4-3-15-6-16)8(5-7)10(12,13)14/h1-6H. The number of aromatic nitrogens is 2. The Morgan fingerprint density at radius 1 is 1.19 bits per heavy atom. The van der Waals surface area contributed by atoms with Crippen molar-refractivity contribution < 1.29 is 17.6 Å². The summed E-state index contributed by atoms with van der Waals surface area (Å²) in [6.45, 7) is 0. The van der Waals surface area contributed by atoms with Gasteiger partial charge in [-0.15, -0.1) is 0 Å². The molecule has 2 rings (SSSR count). The number of alkyl halides is 3. The fraction of sp³-hybridized carbons (Fsp3) is 0.100. The molecular formula is C10H6F4N2. The van der Waals surface area contributed by atoms with Crippen LogP contribution in [0.15, 0.2) is 36.9 Å². The number of hydrogen-bond acceptors (Lipinski definition) is 1. The summed E-state index contributed by atoms with van der Waals surface area (Å²) in [6, 6.07) is 2.51. The van der Waals surface area contributed by atoms with E-state index < -0.39 is 17.6 Å². The van der Waals surface area contributed by atoms with Gasteiger partial charge in [0.2, 0.25) is 0 Å². The maximum absolute atomic E-state index is 12.8. The number of hydrogen-bond donors (Lipinski definition) is 0. The van der Waals surface area contributed by atoms with Gasteiger partial charge in [0.15, 0.2) is 0 Å². The minimum absolute atomic E-state index is 0.147. The molecule has 0 fully saturated rings. The predicted molar refractivity (Wildman–Crippen MR) is 48.5 cm³/mol. The van der Waals surface area contributed by atoms with Crippen LogP contribution in [0.2, 0.25) is 0 Å². The SMILES string of the molecule is Fc1ccc(-n2ccnc2)c(C(F)(F)F)c1. The lowest BCUT2D eigenvalue weighted by molar-refractivity contribution is -0.137. The van der Waals surface area contributed by atoms with Crippen molar-refractivity contribution in [1.29, 1.82) is 0 Å². The number of halogens is 4. The maximum Gasteiger partial charge on any atom is 0.418 e. The summed E-state index contributed by atoms with van der Waals surface area (Å²) >= 11 is 0. The fourth-order valence-electron chi connectivity index (χ4n) is 1.36. The van der Waals surface area contributed by atoms with Crippen LogP contribution in [0.3, 0.4) is 0 Å². The Morgan fingerprint density at radius 3 is 2.50 bits per heavy atom. The molecule has 0 spiro atoms. The van der Waals surface area contributed by atoms with Crippen molar-refractivity contribution in [3.05, 3.63) is 48.3 Å². The van der Waals surface area contributed by atoms with Crippen molar-refractivity contribution in [3.63, 3.8) is 0 Å². The Morgan fingerprint density at radius 2 is 1.94 bits per heavy atom. The smallest absolute Gasteiger partial charge is 0.306 e. The second-order valence-corrected chi connectivity index (χ2v) is 3.13. The highest BCUT2D eigenvalue weighted by Gasteiger charge is 2.34. The van der Waals surface area contributed by atoms with E-state index in [2.05, 4.69) is 4.98 Å². The minimum Gasteiger partial charge on any atom is -0.306 e. The van der Waals surface area contributed by atoms with Gasteiger partial charge in [-0.25, -0.2) is 9.37 Å². The number of imidazole rings is 1. The number of nitrogens with zero attached hydrogens (tertiary/aromatic N) is 2. The largest absolute Gasteiger partial charge is 0.418 e. The highest BCUT2D eigenvalue weighted by molar-refractivity contribution is 5.43. The zero-order valence-electron chi connectivity index (χ0n) is 7.87. The summed E-state index contributed by atoms with van der Waals surface area (Å²) < 4.78 is 51.8. The van der Waals surface area contributed by atoms with E-state index in [1.165, 1.54) is 23.3 Å². The molecule has 16 heavy (non-hydrogen) atoms. The Kier molecular flexibility index (Phi) is 2.41. The van der Waals surface area contributed by atoms with Crippen molar-refractivity contribution in [1.82, 2.24) is 9.55 Å². The molecule has 0 saturated heterocycles. The molecular weight excluding hydrogens is 224 g/mol. The molecule has 0 atom stereocenters. The van der Waals surface area contributed by atoms with Crippen molar-refractivity contribution in [2.75, 3.05) is 0 Å². The Hall–Kier alpha value is -1.85. The first-order valence-corrected chi connectivity index (χ1v) is 4.33. The van der Waals surface area contributed by atoms with Crippen LogP contribution < -0.4 is 0 Å². The van der Waals surface area contributed by atoms with Crippen LogP contribution >= 0.6 is 0 Å². The first-order chi connectivity index (χ1) is 7.48. The van der Waals surface area contributed by atoms with Crippen molar-refractivity contribution >= 4 is 0 Å². The molecule has 0 saturated carbocycles. The highest BCUT2D eigenvalue weighted by Crippen LogP contribution is 2.34. The lowest BCUT2D eigenvalue weighted by atomic mass is 10.1. The average Bonchev–Trinajstić information content (AvgIpc) is 2.69. The first-order valence-electron chi connectivity index (χ1n) is 4.33. The van der Waals surface area contributed by atoms with E-state index in [1.54, 1.807) is 0 Å². The predicted octanol–water partition coefficient (Wildman–Crippen LogP) is 3.03. The summed E-state index contributed by atoms with van der Waals surface area (Å²) in [6.07, 6.45) is -0.657. The second kappa shape index (κ2) is 3.62. The topological polar surface area (TPSA) is 17.8 Å². The van der Waals surface area contributed by atoms with Gasteiger partial charge >= 0.3 is 6.18 Å². The third-order valence-electron chi connectivity index (χ3n) is 2.05. The van der Waals surface area contributed by atoms with Gasteiger partial charge in [-0.2, -0.15) is 13.2 Å². The molecule has 84 valence electrons. The normalized spacial score (nSPS) is 11.8. The van der Waals surface area contributed by atoms with E-state index in [9.17, 15) is 17.6 Å². The lowest BCUT2D eigenvalue weighted by Gasteiger charge is -2.13. The van der Waals surface area contributed by atoms with Crippen LogP contribution in [0.25, 0.3) is 5.69 Å². The van der Waals surface area contributed by atoms with E-state index in [1.807, 2.05) is 0 Å². The Balaban J connectivity index is 2.62. The molecule has 2 aromatic rings. The molecule has 0 bridgehead atoms. The third-order valence-corrected chi connectivity index (χ3v) is 2.05. The first kappa shape index (κ1) is 10.7. The van der Waals surface area contributed by atoms with Gasteiger partial charge in [0.25, 0.3) is 0 Å². The van der Waals surface area contributed by atoms with Crippen LogP contribution in [0.5, 0.6) is 0 Å². The summed E-state index contributed by atoms with van der Waals surface area (Å²) in [5.74, 6) is -0.920. The van der Waals surface area contributed by atoms with Crippen LogP contribution in [-0.4, -0.2) is 9.55 Å². The minimum atomic E-state index is -4.60. The quantitative estimate of drug-likeness (QED) is 0.688. The molecule has 0 aliphatic heterocycles. The summed E-state index contributed by atoms with van der Waals surface area (Å²) in [4.78, 5) is 3.65. The second-order valence-electron chi connectivity index (χ2n) is 3.13. The molecule has 6 heteroatoms. The monoisotopic (exact) mass is 230 g/mol. The third kappa shape index (κ3) is 1.91. The summed E-state index contributed by atoms with van der Waals surface area (Å²) in [5, 5.41) is 0. The van der Waals surface area contributed by atoms with Gasteiger partial charge in [-0.1, -0.05) is 0 Å². The van der Waals surface area contributed by atoms with Crippen LogP contribution in [0.4, 0.5) is 17.6 Å². The maximum atomic E-state index is 12.8. The molecule has 0 radical (unpaired) electrons. The van der Waals surface area contributed by atoms with Crippen molar-refractivity contribution in [2.45, 2.75) is 6.18 Å². The van der Waals surface area contributed by atoms with Gasteiger partial charge in [0.1, 0.15) is 5.82 Å². The number of benzene rings is 1. The van der Waals surface area contributed by atoms with Gasteiger partial charge in [-0.3, -0.25) is 0 Å². The van der Waals surface area contributed by atoms with Crippen LogP contribution in [0, 0.1) is 5.82 Å². The van der Waals surface area contributed by atoms with E-state index in [0.717, 1.165) is 12.1 Å². The molecule has 1 heterocycles. The highest BCUT2D eigenvalue weighted by atomic mass is 19.4. The van der Waals surface area contributed by atoms with Crippen molar-refractivity contribution in [3.8, 4) is 5.69 Å².